The first-order valence-corrected chi connectivity index (χ1v) is 9.65. The Morgan fingerprint density at radius 1 is 1.00 bits per heavy atom. The van der Waals surface area contributed by atoms with E-state index in [9.17, 15) is 9.59 Å². The summed E-state index contributed by atoms with van der Waals surface area (Å²) in [6, 6.07) is 9.23. The van der Waals surface area contributed by atoms with Crippen molar-refractivity contribution in [3.63, 3.8) is 0 Å². The van der Waals surface area contributed by atoms with E-state index in [2.05, 4.69) is 0 Å². The van der Waals surface area contributed by atoms with Crippen LogP contribution in [0.1, 0.15) is 37.7 Å². The summed E-state index contributed by atoms with van der Waals surface area (Å²) in [5, 5.41) is 0. The van der Waals surface area contributed by atoms with Crippen LogP contribution in [0, 0.1) is 5.92 Å². The van der Waals surface area contributed by atoms with Gasteiger partial charge in [0.2, 0.25) is 5.91 Å². The zero-order valence-corrected chi connectivity index (χ0v) is 16.5. The number of ether oxygens (including phenoxy) is 1. The Balaban J connectivity index is 0.00000261. The maximum atomic E-state index is 12.7. The SMILES string of the molecule is Cl.NC(C(=O)N1CCN(C(=O)OCc2ccccc2)CC1)C1CCCCC1. The Bertz CT molecular complexity index is 600. The zero-order chi connectivity index (χ0) is 18.4. The van der Waals surface area contributed by atoms with Gasteiger partial charge in [-0.15, -0.1) is 12.4 Å². The number of amides is 2. The van der Waals surface area contributed by atoms with Crippen molar-refractivity contribution in [1.82, 2.24) is 9.80 Å². The van der Waals surface area contributed by atoms with Crippen LogP contribution in [-0.4, -0.2) is 54.0 Å². The molecule has 2 N–H and O–H groups in total. The lowest BCUT2D eigenvalue weighted by Gasteiger charge is -2.37. The fourth-order valence-corrected chi connectivity index (χ4v) is 3.83. The predicted molar refractivity (Wildman–Crippen MR) is 107 cm³/mol. The molecule has 7 heteroatoms. The molecular formula is C20H30ClN3O3. The first-order chi connectivity index (χ1) is 12.6. The minimum absolute atomic E-state index is 0. The van der Waals surface area contributed by atoms with Gasteiger partial charge in [-0.25, -0.2) is 4.79 Å². The van der Waals surface area contributed by atoms with Crippen molar-refractivity contribution in [3.05, 3.63) is 35.9 Å². The second-order valence-electron chi connectivity index (χ2n) is 7.28. The molecule has 0 aromatic heterocycles. The predicted octanol–water partition coefficient (Wildman–Crippen LogP) is 2.80. The molecule has 1 saturated heterocycles. The van der Waals surface area contributed by atoms with Gasteiger partial charge in [-0.05, 0) is 24.3 Å². The molecule has 1 aliphatic heterocycles. The van der Waals surface area contributed by atoms with E-state index in [1.807, 2.05) is 30.3 Å². The lowest BCUT2D eigenvalue weighted by Crippen LogP contribution is -2.56. The molecule has 2 aliphatic rings. The molecule has 2 fully saturated rings. The Labute approximate surface area is 167 Å². The standard InChI is InChI=1S/C20H29N3O3.ClH/c21-18(17-9-5-2-6-10-17)19(24)22-11-13-23(14-12-22)20(25)26-15-16-7-3-1-4-8-16;/h1,3-4,7-8,17-18H,2,5-6,9-15,21H2;1H. The van der Waals surface area contributed by atoms with E-state index < -0.39 is 6.04 Å². The third-order valence-electron chi connectivity index (χ3n) is 5.50. The summed E-state index contributed by atoms with van der Waals surface area (Å²) in [7, 11) is 0. The summed E-state index contributed by atoms with van der Waals surface area (Å²) in [4.78, 5) is 28.3. The molecule has 1 aliphatic carbocycles. The van der Waals surface area contributed by atoms with Crippen molar-refractivity contribution in [2.24, 2.45) is 11.7 Å². The van der Waals surface area contributed by atoms with Gasteiger partial charge in [0.05, 0.1) is 6.04 Å². The number of piperazine rings is 1. The van der Waals surface area contributed by atoms with Crippen molar-refractivity contribution in [2.75, 3.05) is 26.2 Å². The van der Waals surface area contributed by atoms with Gasteiger partial charge >= 0.3 is 6.09 Å². The van der Waals surface area contributed by atoms with Crippen molar-refractivity contribution in [3.8, 4) is 0 Å². The van der Waals surface area contributed by atoms with E-state index in [1.165, 1.54) is 19.3 Å². The molecule has 1 unspecified atom stereocenters. The van der Waals surface area contributed by atoms with Crippen molar-refractivity contribution in [1.29, 1.82) is 0 Å². The van der Waals surface area contributed by atoms with Gasteiger partial charge in [0, 0.05) is 26.2 Å². The Morgan fingerprint density at radius 3 is 2.22 bits per heavy atom. The Hall–Kier alpha value is -1.79. The Kier molecular flexibility index (Phi) is 8.38. The van der Waals surface area contributed by atoms with Crippen molar-refractivity contribution < 1.29 is 14.3 Å². The quantitative estimate of drug-likeness (QED) is 0.850. The normalized spacial score (nSPS) is 19.1. The molecule has 1 aromatic carbocycles. The Morgan fingerprint density at radius 2 is 1.59 bits per heavy atom. The van der Waals surface area contributed by atoms with Crippen molar-refractivity contribution >= 4 is 24.4 Å². The van der Waals surface area contributed by atoms with Crippen LogP contribution in [0.4, 0.5) is 4.79 Å². The van der Waals surface area contributed by atoms with Crippen LogP contribution in [-0.2, 0) is 16.1 Å². The lowest BCUT2D eigenvalue weighted by atomic mass is 9.83. The average molecular weight is 396 g/mol. The highest BCUT2D eigenvalue weighted by molar-refractivity contribution is 5.85. The van der Waals surface area contributed by atoms with Crippen LogP contribution in [0.2, 0.25) is 0 Å². The van der Waals surface area contributed by atoms with Crippen LogP contribution >= 0.6 is 12.4 Å². The number of nitrogens with two attached hydrogens (primary N) is 1. The van der Waals surface area contributed by atoms with Gasteiger partial charge in [-0.1, -0.05) is 49.6 Å². The summed E-state index contributed by atoms with van der Waals surface area (Å²) < 4.78 is 5.36. The highest BCUT2D eigenvalue weighted by atomic mass is 35.5. The van der Waals surface area contributed by atoms with Crippen LogP contribution in [0.25, 0.3) is 0 Å². The summed E-state index contributed by atoms with van der Waals surface area (Å²) in [6.45, 7) is 2.32. The van der Waals surface area contributed by atoms with E-state index in [-0.39, 0.29) is 31.0 Å². The van der Waals surface area contributed by atoms with Gasteiger partial charge in [0.1, 0.15) is 6.61 Å². The molecule has 27 heavy (non-hydrogen) atoms. The molecule has 1 atom stereocenters. The first kappa shape index (κ1) is 21.5. The molecule has 0 bridgehead atoms. The number of carbonyl (C=O) groups is 2. The molecule has 3 rings (SSSR count). The van der Waals surface area contributed by atoms with E-state index in [1.54, 1.807) is 9.80 Å². The van der Waals surface area contributed by atoms with Crippen LogP contribution < -0.4 is 5.73 Å². The molecule has 150 valence electrons. The van der Waals surface area contributed by atoms with Gasteiger partial charge in [-0.3, -0.25) is 4.79 Å². The fraction of sp³-hybridized carbons (Fsp3) is 0.600. The minimum Gasteiger partial charge on any atom is -0.445 e. The van der Waals surface area contributed by atoms with Gasteiger partial charge in [0.15, 0.2) is 0 Å². The van der Waals surface area contributed by atoms with E-state index in [0.29, 0.717) is 32.1 Å². The molecule has 1 heterocycles. The summed E-state index contributed by atoms with van der Waals surface area (Å²) in [6.07, 6.45) is 5.38. The maximum Gasteiger partial charge on any atom is 0.410 e. The highest BCUT2D eigenvalue weighted by Gasteiger charge is 2.32. The molecule has 0 radical (unpaired) electrons. The number of hydrogen-bond donors (Lipinski definition) is 1. The van der Waals surface area contributed by atoms with E-state index >= 15 is 0 Å². The number of nitrogens with zero attached hydrogens (tertiary/aromatic N) is 2. The number of benzene rings is 1. The van der Waals surface area contributed by atoms with E-state index in [4.69, 9.17) is 10.5 Å². The molecular weight excluding hydrogens is 366 g/mol. The van der Waals surface area contributed by atoms with E-state index in [0.717, 1.165) is 18.4 Å². The molecule has 0 spiro atoms. The number of halogens is 1. The first-order valence-electron chi connectivity index (χ1n) is 9.65. The zero-order valence-electron chi connectivity index (χ0n) is 15.7. The van der Waals surface area contributed by atoms with Gasteiger partial charge in [-0.2, -0.15) is 0 Å². The number of rotatable bonds is 4. The third kappa shape index (κ3) is 5.84. The largest absolute Gasteiger partial charge is 0.445 e. The second-order valence-corrected chi connectivity index (χ2v) is 7.28. The molecule has 1 aromatic rings. The van der Waals surface area contributed by atoms with Crippen LogP contribution in [0.5, 0.6) is 0 Å². The molecule has 1 saturated carbocycles. The molecule has 2 amide bonds. The van der Waals surface area contributed by atoms with Gasteiger partial charge in [0.25, 0.3) is 0 Å². The average Bonchev–Trinajstić information content (AvgIpc) is 2.72. The third-order valence-corrected chi connectivity index (χ3v) is 5.50. The number of carbonyl (C=O) groups excluding carboxylic acids is 2. The summed E-state index contributed by atoms with van der Waals surface area (Å²) in [5.74, 6) is 0.347. The van der Waals surface area contributed by atoms with Crippen LogP contribution in [0.15, 0.2) is 30.3 Å². The topological polar surface area (TPSA) is 75.9 Å². The molecule has 6 nitrogen and oxygen atoms in total. The maximum absolute atomic E-state index is 12.7. The van der Waals surface area contributed by atoms with Crippen LogP contribution in [0.3, 0.4) is 0 Å². The fourth-order valence-electron chi connectivity index (χ4n) is 3.83. The van der Waals surface area contributed by atoms with Crippen molar-refractivity contribution in [2.45, 2.75) is 44.8 Å². The lowest BCUT2D eigenvalue weighted by molar-refractivity contribution is -0.135. The highest BCUT2D eigenvalue weighted by Crippen LogP contribution is 2.26. The van der Waals surface area contributed by atoms with Gasteiger partial charge < -0.3 is 20.3 Å². The summed E-state index contributed by atoms with van der Waals surface area (Å²) in [5.41, 5.74) is 7.20. The second kappa shape index (κ2) is 10.5. The summed E-state index contributed by atoms with van der Waals surface area (Å²) >= 11 is 0. The number of hydrogen-bond acceptors (Lipinski definition) is 4. The monoisotopic (exact) mass is 395 g/mol. The minimum atomic E-state index is -0.396. The smallest absolute Gasteiger partial charge is 0.410 e.